The Balaban J connectivity index is 0.00000200. The molecule has 3 nitrogen and oxygen atoms in total. The van der Waals surface area contributed by atoms with Crippen LogP contribution in [0.1, 0.15) is 31.2 Å². The van der Waals surface area contributed by atoms with Crippen LogP contribution in [0.5, 0.6) is 0 Å². The van der Waals surface area contributed by atoms with Crippen LogP contribution in [-0.2, 0) is 5.41 Å². The largest absolute Gasteiger partial charge is 0.359 e. The fourth-order valence-electron chi connectivity index (χ4n) is 2.97. The lowest BCUT2D eigenvalue weighted by Gasteiger charge is -2.30. The summed E-state index contributed by atoms with van der Waals surface area (Å²) < 4.78 is 0. The summed E-state index contributed by atoms with van der Waals surface area (Å²) in [6.07, 6.45) is 4.99. The van der Waals surface area contributed by atoms with E-state index in [1.807, 2.05) is 19.2 Å². The van der Waals surface area contributed by atoms with E-state index in [0.717, 1.165) is 17.5 Å². The minimum Gasteiger partial charge on any atom is -0.359 e. The maximum Gasteiger partial charge on any atom is 0.190 e. The van der Waals surface area contributed by atoms with Gasteiger partial charge in [-0.2, -0.15) is 0 Å². The second kappa shape index (κ2) is 8.08. The Kier molecular flexibility index (Phi) is 7.09. The highest BCUT2D eigenvalue weighted by Crippen LogP contribution is 2.41. The summed E-state index contributed by atoms with van der Waals surface area (Å²) in [5.41, 5.74) is 1.54. The normalized spacial score (nSPS) is 17.4. The number of halogens is 2. The minimum absolute atomic E-state index is 0. The second-order valence-electron chi connectivity index (χ2n) is 5.17. The van der Waals surface area contributed by atoms with Gasteiger partial charge in [0.1, 0.15) is 0 Å². The summed E-state index contributed by atoms with van der Waals surface area (Å²) in [5, 5.41) is 7.31. The highest BCUT2D eigenvalue weighted by molar-refractivity contribution is 14.0. The summed E-state index contributed by atoms with van der Waals surface area (Å²) in [4.78, 5) is 4.18. The van der Waals surface area contributed by atoms with Crippen LogP contribution in [0.15, 0.2) is 29.3 Å². The summed E-state index contributed by atoms with van der Waals surface area (Å²) in [7, 11) is 3.68. The maximum atomic E-state index is 6.15. The van der Waals surface area contributed by atoms with E-state index in [0.29, 0.717) is 0 Å². The minimum atomic E-state index is 0. The molecule has 0 aliphatic heterocycles. The zero-order valence-electron chi connectivity index (χ0n) is 12.1. The number of hydrogen-bond acceptors (Lipinski definition) is 1. The zero-order valence-corrected chi connectivity index (χ0v) is 15.2. The van der Waals surface area contributed by atoms with Gasteiger partial charge in [0.05, 0.1) is 0 Å². The zero-order chi connectivity index (χ0) is 13.7. The van der Waals surface area contributed by atoms with Gasteiger partial charge in [-0.3, -0.25) is 4.99 Å². The molecular formula is C15H23ClIN3. The predicted octanol–water partition coefficient (Wildman–Crippen LogP) is 3.56. The molecule has 1 saturated carbocycles. The second-order valence-corrected chi connectivity index (χ2v) is 5.61. The molecule has 0 unspecified atom stereocenters. The Morgan fingerprint density at radius 2 is 2.05 bits per heavy atom. The van der Waals surface area contributed by atoms with Crippen molar-refractivity contribution < 1.29 is 0 Å². The van der Waals surface area contributed by atoms with Gasteiger partial charge in [0.2, 0.25) is 0 Å². The lowest BCUT2D eigenvalue weighted by atomic mass is 9.79. The van der Waals surface area contributed by atoms with Gasteiger partial charge in [-0.1, -0.05) is 36.6 Å². The van der Waals surface area contributed by atoms with Crippen molar-refractivity contribution in [2.45, 2.75) is 31.1 Å². The van der Waals surface area contributed by atoms with Gasteiger partial charge in [-0.15, -0.1) is 24.0 Å². The van der Waals surface area contributed by atoms with Crippen LogP contribution in [0, 0.1) is 0 Å². The quantitative estimate of drug-likeness (QED) is 0.457. The Labute approximate surface area is 143 Å². The van der Waals surface area contributed by atoms with Gasteiger partial charge in [0.25, 0.3) is 0 Å². The molecule has 1 aromatic rings. The molecule has 1 aromatic carbocycles. The maximum absolute atomic E-state index is 6.15. The van der Waals surface area contributed by atoms with E-state index in [4.69, 9.17) is 11.6 Å². The van der Waals surface area contributed by atoms with Gasteiger partial charge in [0, 0.05) is 31.1 Å². The molecule has 0 atom stereocenters. The van der Waals surface area contributed by atoms with Crippen LogP contribution in [0.2, 0.25) is 5.02 Å². The Hall–Kier alpha value is -0.490. The molecule has 112 valence electrons. The van der Waals surface area contributed by atoms with Crippen molar-refractivity contribution in [1.82, 2.24) is 10.6 Å². The third-order valence-corrected chi connectivity index (χ3v) is 4.29. The smallest absolute Gasteiger partial charge is 0.190 e. The number of nitrogens with one attached hydrogen (secondary N) is 2. The van der Waals surface area contributed by atoms with Crippen molar-refractivity contribution in [3.05, 3.63) is 34.9 Å². The van der Waals surface area contributed by atoms with Crippen LogP contribution in [0.3, 0.4) is 0 Å². The summed E-state index contributed by atoms with van der Waals surface area (Å²) in [6.45, 7) is 0.904. The first-order valence-electron chi connectivity index (χ1n) is 6.85. The van der Waals surface area contributed by atoms with Gasteiger partial charge in [-0.05, 0) is 30.5 Å². The van der Waals surface area contributed by atoms with Gasteiger partial charge < -0.3 is 10.6 Å². The molecule has 0 heterocycles. The third kappa shape index (κ3) is 4.01. The van der Waals surface area contributed by atoms with Gasteiger partial charge >= 0.3 is 0 Å². The van der Waals surface area contributed by atoms with E-state index in [1.165, 1.54) is 31.2 Å². The monoisotopic (exact) mass is 407 g/mol. The van der Waals surface area contributed by atoms with Gasteiger partial charge in [-0.25, -0.2) is 0 Å². The first-order valence-corrected chi connectivity index (χ1v) is 7.22. The van der Waals surface area contributed by atoms with Crippen molar-refractivity contribution in [2.75, 3.05) is 20.6 Å². The molecule has 0 spiro atoms. The van der Waals surface area contributed by atoms with Crippen LogP contribution in [-0.4, -0.2) is 26.6 Å². The van der Waals surface area contributed by atoms with Crippen LogP contribution < -0.4 is 10.6 Å². The molecule has 0 radical (unpaired) electrons. The van der Waals surface area contributed by atoms with Crippen LogP contribution in [0.25, 0.3) is 0 Å². The molecule has 1 fully saturated rings. The molecule has 20 heavy (non-hydrogen) atoms. The Morgan fingerprint density at radius 1 is 1.35 bits per heavy atom. The molecule has 0 saturated heterocycles. The molecule has 0 bridgehead atoms. The van der Waals surface area contributed by atoms with Crippen LogP contribution >= 0.6 is 35.6 Å². The van der Waals surface area contributed by atoms with E-state index in [2.05, 4.69) is 27.8 Å². The third-order valence-electron chi connectivity index (χ3n) is 4.05. The van der Waals surface area contributed by atoms with Crippen molar-refractivity contribution in [2.24, 2.45) is 4.99 Å². The number of guanidine groups is 1. The molecule has 0 aromatic heterocycles. The van der Waals surface area contributed by atoms with E-state index in [-0.39, 0.29) is 29.4 Å². The summed E-state index contributed by atoms with van der Waals surface area (Å²) in [6, 6.07) is 8.29. The van der Waals surface area contributed by atoms with E-state index in [1.54, 1.807) is 7.05 Å². The van der Waals surface area contributed by atoms with Crippen LogP contribution in [0.4, 0.5) is 0 Å². The molecule has 1 aliphatic carbocycles. The highest BCUT2D eigenvalue weighted by atomic mass is 127. The standard InChI is InChI=1S/C15H22ClN3.HI/c1-17-14(18-2)19-11-15(8-3-4-9-15)12-6-5-7-13(16)10-12;/h5-7,10H,3-4,8-9,11H2,1-2H3,(H2,17,18,19);1H. The Bertz CT molecular complexity index is 456. The molecule has 2 N–H and O–H groups in total. The lowest BCUT2D eigenvalue weighted by Crippen LogP contribution is -2.43. The molecular weight excluding hydrogens is 385 g/mol. The topological polar surface area (TPSA) is 36.4 Å². The molecule has 2 rings (SSSR count). The summed E-state index contributed by atoms with van der Waals surface area (Å²) in [5.74, 6) is 0.841. The number of hydrogen-bond donors (Lipinski definition) is 2. The predicted molar refractivity (Wildman–Crippen MR) is 97.4 cm³/mol. The SMILES string of the molecule is CN=C(NC)NCC1(c2cccc(Cl)c2)CCCC1.I. The number of rotatable bonds is 3. The van der Waals surface area contributed by atoms with E-state index < -0.39 is 0 Å². The van der Waals surface area contributed by atoms with Gasteiger partial charge in [0.15, 0.2) is 5.96 Å². The first-order chi connectivity index (χ1) is 9.20. The molecule has 1 aliphatic rings. The molecule has 0 amide bonds. The average molecular weight is 408 g/mol. The number of benzene rings is 1. The number of aliphatic imine (C=N–C) groups is 1. The van der Waals surface area contributed by atoms with Crippen molar-refractivity contribution >= 4 is 41.5 Å². The fourth-order valence-corrected chi connectivity index (χ4v) is 3.16. The van der Waals surface area contributed by atoms with E-state index >= 15 is 0 Å². The van der Waals surface area contributed by atoms with Crippen molar-refractivity contribution in [3.63, 3.8) is 0 Å². The summed E-state index contributed by atoms with van der Waals surface area (Å²) >= 11 is 6.15. The first kappa shape index (κ1) is 17.6. The van der Waals surface area contributed by atoms with Crippen molar-refractivity contribution in [1.29, 1.82) is 0 Å². The lowest BCUT2D eigenvalue weighted by molar-refractivity contribution is 0.432. The average Bonchev–Trinajstić information content (AvgIpc) is 2.90. The highest BCUT2D eigenvalue weighted by Gasteiger charge is 2.35. The van der Waals surface area contributed by atoms with E-state index in [9.17, 15) is 0 Å². The molecule has 5 heteroatoms. The van der Waals surface area contributed by atoms with Crippen molar-refractivity contribution in [3.8, 4) is 0 Å². The fraction of sp³-hybridized carbons (Fsp3) is 0.533. The number of nitrogens with zero attached hydrogens (tertiary/aromatic N) is 1. The Morgan fingerprint density at radius 3 is 2.60 bits per heavy atom.